The van der Waals surface area contributed by atoms with Crippen molar-refractivity contribution in [2.75, 3.05) is 23.4 Å². The minimum Gasteiger partial charge on any atom is -0.493 e. The first-order valence-corrected chi connectivity index (χ1v) is 9.53. The highest BCUT2D eigenvalue weighted by Crippen LogP contribution is 2.23. The van der Waals surface area contributed by atoms with Crippen LogP contribution in [0.5, 0.6) is 5.75 Å². The van der Waals surface area contributed by atoms with Crippen molar-refractivity contribution in [3.8, 4) is 5.75 Å². The minimum atomic E-state index is -0.0858. The third-order valence-corrected chi connectivity index (χ3v) is 4.83. The maximum absolute atomic E-state index is 12.1. The van der Waals surface area contributed by atoms with Crippen LogP contribution in [0.1, 0.15) is 17.5 Å². The van der Waals surface area contributed by atoms with E-state index in [1.54, 1.807) is 6.20 Å². The Morgan fingerprint density at radius 3 is 2.57 bits per heavy atom. The maximum atomic E-state index is 12.1. The van der Waals surface area contributed by atoms with Crippen LogP contribution in [0.2, 0.25) is 0 Å². The average molecular weight is 373 g/mol. The molecule has 5 heteroatoms. The van der Waals surface area contributed by atoms with Crippen LogP contribution in [0.15, 0.2) is 72.9 Å². The highest BCUT2D eigenvalue weighted by molar-refractivity contribution is 5.90. The second kappa shape index (κ2) is 8.57. The fraction of sp³-hybridized carbons (Fsp3) is 0.217. The summed E-state index contributed by atoms with van der Waals surface area (Å²) in [5.41, 5.74) is 3.47. The summed E-state index contributed by atoms with van der Waals surface area (Å²) >= 11 is 0. The van der Waals surface area contributed by atoms with Crippen molar-refractivity contribution >= 4 is 17.4 Å². The van der Waals surface area contributed by atoms with Gasteiger partial charge in [0.2, 0.25) is 5.91 Å². The number of carbonyl (C=O) groups is 1. The number of para-hydroxylation sites is 1. The molecule has 1 aliphatic heterocycles. The van der Waals surface area contributed by atoms with Gasteiger partial charge in [0.15, 0.2) is 0 Å². The highest BCUT2D eigenvalue weighted by Gasteiger charge is 2.16. The summed E-state index contributed by atoms with van der Waals surface area (Å²) in [5.74, 6) is 1.61. The molecule has 1 N–H and O–H groups in total. The van der Waals surface area contributed by atoms with Crippen molar-refractivity contribution in [3.63, 3.8) is 0 Å². The van der Waals surface area contributed by atoms with Crippen LogP contribution in [0.25, 0.3) is 0 Å². The van der Waals surface area contributed by atoms with Gasteiger partial charge in [0.05, 0.1) is 24.9 Å². The molecular weight excluding hydrogens is 350 g/mol. The molecule has 0 atom stereocenters. The summed E-state index contributed by atoms with van der Waals surface area (Å²) < 4.78 is 5.56. The molecule has 1 aromatic heterocycles. The average Bonchev–Trinajstić information content (AvgIpc) is 2.75. The first-order chi connectivity index (χ1) is 13.8. The number of aromatic nitrogens is 1. The van der Waals surface area contributed by atoms with Crippen LogP contribution < -0.4 is 15.0 Å². The van der Waals surface area contributed by atoms with Gasteiger partial charge in [-0.25, -0.2) is 4.98 Å². The maximum Gasteiger partial charge on any atom is 0.227 e. The molecule has 28 heavy (non-hydrogen) atoms. The predicted octanol–water partition coefficient (Wildman–Crippen LogP) is 4.05. The molecule has 0 unspecified atom stereocenters. The number of anilines is 2. The zero-order valence-electron chi connectivity index (χ0n) is 15.7. The van der Waals surface area contributed by atoms with Gasteiger partial charge in [0, 0.05) is 13.1 Å². The Hall–Kier alpha value is -3.34. The molecule has 1 aliphatic rings. The first-order valence-electron chi connectivity index (χ1n) is 9.53. The molecule has 4 rings (SSSR count). The topological polar surface area (TPSA) is 54.5 Å². The number of rotatable bonds is 6. The number of ether oxygens (including phenoxy) is 1. The molecule has 0 bridgehead atoms. The lowest BCUT2D eigenvalue weighted by molar-refractivity contribution is -0.116. The minimum absolute atomic E-state index is 0.0858. The quantitative estimate of drug-likeness (QED) is 0.708. The van der Waals surface area contributed by atoms with Gasteiger partial charge in [0.25, 0.3) is 0 Å². The number of nitrogens with zero attached hydrogens (tertiary/aromatic N) is 2. The van der Waals surface area contributed by atoms with Crippen LogP contribution in [0.3, 0.4) is 0 Å². The Morgan fingerprint density at radius 1 is 1.00 bits per heavy atom. The van der Waals surface area contributed by atoms with E-state index in [4.69, 9.17) is 4.74 Å². The molecule has 0 spiro atoms. The second-order valence-electron chi connectivity index (χ2n) is 6.81. The summed E-state index contributed by atoms with van der Waals surface area (Å²) in [7, 11) is 0. The van der Waals surface area contributed by atoms with Crippen molar-refractivity contribution in [1.29, 1.82) is 0 Å². The molecule has 142 valence electrons. The van der Waals surface area contributed by atoms with Crippen LogP contribution in [-0.2, 0) is 17.8 Å². The normalized spacial score (nSPS) is 12.9. The Balaban J connectivity index is 1.28. The monoisotopic (exact) mass is 373 g/mol. The van der Waals surface area contributed by atoms with Gasteiger partial charge >= 0.3 is 0 Å². The molecule has 1 amide bonds. The van der Waals surface area contributed by atoms with Gasteiger partial charge < -0.3 is 15.0 Å². The van der Waals surface area contributed by atoms with Crippen molar-refractivity contribution in [1.82, 2.24) is 4.98 Å². The SMILES string of the molecule is O=C(CCOc1ccccc1)Nc1ccc(N2CCc3ccccc3C2)nc1. The number of pyridine rings is 1. The highest BCUT2D eigenvalue weighted by atomic mass is 16.5. The van der Waals surface area contributed by atoms with Crippen molar-refractivity contribution < 1.29 is 9.53 Å². The molecule has 2 heterocycles. The predicted molar refractivity (Wildman–Crippen MR) is 111 cm³/mol. The Kier molecular flexibility index (Phi) is 5.52. The Bertz CT molecular complexity index is 926. The summed E-state index contributed by atoms with van der Waals surface area (Å²) in [6, 6.07) is 21.9. The lowest BCUT2D eigenvalue weighted by Gasteiger charge is -2.29. The molecule has 2 aromatic carbocycles. The van der Waals surface area contributed by atoms with Gasteiger partial charge in [-0.1, -0.05) is 42.5 Å². The number of nitrogens with one attached hydrogen (secondary N) is 1. The summed E-state index contributed by atoms with van der Waals surface area (Å²) in [6.45, 7) is 2.16. The molecule has 0 aliphatic carbocycles. The van der Waals surface area contributed by atoms with Gasteiger partial charge in [-0.15, -0.1) is 0 Å². The number of hydrogen-bond donors (Lipinski definition) is 1. The van der Waals surface area contributed by atoms with Gasteiger partial charge in [-0.2, -0.15) is 0 Å². The van der Waals surface area contributed by atoms with Crippen LogP contribution in [0.4, 0.5) is 11.5 Å². The van der Waals surface area contributed by atoms with Crippen LogP contribution >= 0.6 is 0 Å². The van der Waals surface area contributed by atoms with E-state index < -0.39 is 0 Å². The largest absolute Gasteiger partial charge is 0.493 e. The van der Waals surface area contributed by atoms with Crippen molar-refractivity contribution in [2.24, 2.45) is 0 Å². The Morgan fingerprint density at radius 2 is 1.79 bits per heavy atom. The van der Waals surface area contributed by atoms with E-state index >= 15 is 0 Å². The molecule has 5 nitrogen and oxygen atoms in total. The number of fused-ring (bicyclic) bond motifs is 1. The van der Waals surface area contributed by atoms with Crippen LogP contribution in [-0.4, -0.2) is 24.0 Å². The van der Waals surface area contributed by atoms with E-state index in [-0.39, 0.29) is 5.91 Å². The van der Waals surface area contributed by atoms with E-state index in [1.165, 1.54) is 11.1 Å². The number of carbonyl (C=O) groups excluding carboxylic acids is 1. The van der Waals surface area contributed by atoms with Gasteiger partial charge in [0.1, 0.15) is 11.6 Å². The molecule has 0 saturated carbocycles. The Labute approximate surface area is 165 Å². The number of hydrogen-bond acceptors (Lipinski definition) is 4. The molecule has 0 fully saturated rings. The van der Waals surface area contributed by atoms with Crippen molar-refractivity contribution in [3.05, 3.63) is 84.1 Å². The number of amides is 1. The smallest absolute Gasteiger partial charge is 0.227 e. The lowest BCUT2D eigenvalue weighted by Crippen LogP contribution is -2.30. The summed E-state index contributed by atoms with van der Waals surface area (Å²) in [5, 5.41) is 2.87. The van der Waals surface area contributed by atoms with E-state index in [0.29, 0.717) is 18.7 Å². The second-order valence-corrected chi connectivity index (χ2v) is 6.81. The summed E-state index contributed by atoms with van der Waals surface area (Å²) in [6.07, 6.45) is 3.03. The lowest BCUT2D eigenvalue weighted by atomic mass is 10.00. The third kappa shape index (κ3) is 4.49. The van der Waals surface area contributed by atoms with Gasteiger partial charge in [-0.05, 0) is 41.8 Å². The zero-order chi connectivity index (χ0) is 19.2. The first kappa shape index (κ1) is 18.0. The standard InChI is InChI=1S/C23H23N3O2/c27-23(13-15-28-21-8-2-1-3-9-21)25-20-10-11-22(24-16-20)26-14-12-18-6-4-5-7-19(18)17-26/h1-11,16H,12-15,17H2,(H,25,27). The van der Waals surface area contributed by atoms with E-state index in [9.17, 15) is 4.79 Å². The van der Waals surface area contributed by atoms with E-state index in [2.05, 4.69) is 39.5 Å². The van der Waals surface area contributed by atoms with Crippen molar-refractivity contribution in [2.45, 2.75) is 19.4 Å². The van der Waals surface area contributed by atoms with E-state index in [1.807, 2.05) is 42.5 Å². The van der Waals surface area contributed by atoms with E-state index in [0.717, 1.165) is 31.1 Å². The fourth-order valence-electron chi connectivity index (χ4n) is 3.34. The zero-order valence-corrected chi connectivity index (χ0v) is 15.7. The molecule has 0 saturated heterocycles. The van der Waals surface area contributed by atoms with Gasteiger partial charge in [-0.3, -0.25) is 4.79 Å². The summed E-state index contributed by atoms with van der Waals surface area (Å²) in [4.78, 5) is 18.9. The molecule has 0 radical (unpaired) electrons. The third-order valence-electron chi connectivity index (χ3n) is 4.83. The van der Waals surface area contributed by atoms with Crippen LogP contribution in [0, 0.1) is 0 Å². The number of benzene rings is 2. The molecular formula is C23H23N3O2. The molecule has 3 aromatic rings. The fourth-order valence-corrected chi connectivity index (χ4v) is 3.34.